The van der Waals surface area contributed by atoms with E-state index >= 15 is 0 Å². The fourth-order valence-corrected chi connectivity index (χ4v) is 4.18. The van der Waals surface area contributed by atoms with Crippen molar-refractivity contribution >= 4 is 11.6 Å². The molecule has 1 saturated carbocycles. The fourth-order valence-electron chi connectivity index (χ4n) is 4.18. The Morgan fingerprint density at radius 3 is 2.90 bits per heavy atom. The number of hydrogen-bond donors (Lipinski definition) is 1. The molecule has 0 bridgehead atoms. The highest BCUT2D eigenvalue weighted by Gasteiger charge is 2.43. The average Bonchev–Trinajstić information content (AvgIpc) is 3.16. The molecule has 112 valence electrons. The number of nitrogens with zero attached hydrogens (tertiary/aromatic N) is 1. The molecule has 1 spiro atoms. The van der Waals surface area contributed by atoms with Crippen LogP contribution in [0.3, 0.4) is 0 Å². The van der Waals surface area contributed by atoms with Crippen LogP contribution in [-0.2, 0) is 11.3 Å². The van der Waals surface area contributed by atoms with Crippen LogP contribution in [0.5, 0.6) is 0 Å². The van der Waals surface area contributed by atoms with Crippen LogP contribution >= 0.6 is 0 Å². The van der Waals surface area contributed by atoms with Crippen molar-refractivity contribution in [2.75, 3.05) is 12.3 Å². The molecule has 21 heavy (non-hydrogen) atoms. The molecule has 1 saturated heterocycles. The summed E-state index contributed by atoms with van der Waals surface area (Å²) in [6.45, 7) is 1.41. The lowest BCUT2D eigenvalue weighted by atomic mass is 9.98. The molecule has 4 rings (SSSR count). The first-order valence-corrected chi connectivity index (χ1v) is 8.01. The lowest BCUT2D eigenvalue weighted by Gasteiger charge is -2.26. The molecular formula is C17H22N2O2. The Balaban J connectivity index is 1.44. The fraction of sp³-hybridized carbons (Fsp3) is 0.588. The van der Waals surface area contributed by atoms with Gasteiger partial charge < -0.3 is 15.4 Å². The van der Waals surface area contributed by atoms with Crippen molar-refractivity contribution in [3.8, 4) is 0 Å². The van der Waals surface area contributed by atoms with E-state index < -0.39 is 0 Å². The summed E-state index contributed by atoms with van der Waals surface area (Å²) in [4.78, 5) is 14.4. The Labute approximate surface area is 125 Å². The van der Waals surface area contributed by atoms with Gasteiger partial charge in [-0.15, -0.1) is 0 Å². The normalized spacial score (nSPS) is 26.8. The zero-order valence-corrected chi connectivity index (χ0v) is 12.3. The second-order valence-electron chi connectivity index (χ2n) is 6.77. The number of nitrogen functional groups attached to an aromatic ring is 1. The van der Waals surface area contributed by atoms with Crippen molar-refractivity contribution in [1.29, 1.82) is 0 Å². The Morgan fingerprint density at radius 1 is 1.29 bits per heavy atom. The van der Waals surface area contributed by atoms with E-state index in [4.69, 9.17) is 10.5 Å². The number of carbonyl (C=O) groups excluding carboxylic acids is 1. The minimum absolute atomic E-state index is 0.105. The number of rotatable bonds is 2. The van der Waals surface area contributed by atoms with Crippen molar-refractivity contribution in [1.82, 2.24) is 4.90 Å². The molecule has 2 heterocycles. The third kappa shape index (κ3) is 2.22. The highest BCUT2D eigenvalue weighted by molar-refractivity contribution is 5.99. The van der Waals surface area contributed by atoms with E-state index in [0.29, 0.717) is 12.2 Å². The Hall–Kier alpha value is -1.55. The molecule has 3 aliphatic rings. The summed E-state index contributed by atoms with van der Waals surface area (Å²) in [7, 11) is 0. The van der Waals surface area contributed by atoms with Gasteiger partial charge >= 0.3 is 0 Å². The maximum Gasteiger partial charge on any atom is 0.254 e. The molecule has 4 nitrogen and oxygen atoms in total. The van der Waals surface area contributed by atoms with Crippen molar-refractivity contribution < 1.29 is 9.53 Å². The third-order valence-corrected chi connectivity index (χ3v) is 5.29. The number of hydrogen-bond acceptors (Lipinski definition) is 3. The van der Waals surface area contributed by atoms with E-state index in [0.717, 1.165) is 24.1 Å². The molecule has 2 aliphatic heterocycles. The SMILES string of the molecule is Nc1ccc2c(c1)C(=O)N(CC1CCC3(CCCC3)O1)C2. The summed E-state index contributed by atoms with van der Waals surface area (Å²) in [6, 6.07) is 5.64. The van der Waals surface area contributed by atoms with E-state index in [2.05, 4.69) is 0 Å². The molecule has 1 amide bonds. The van der Waals surface area contributed by atoms with E-state index in [1.165, 1.54) is 32.1 Å². The summed E-state index contributed by atoms with van der Waals surface area (Å²) in [5, 5.41) is 0. The molecule has 2 N–H and O–H groups in total. The first kappa shape index (κ1) is 13.1. The average molecular weight is 286 g/mol. The van der Waals surface area contributed by atoms with E-state index in [-0.39, 0.29) is 17.6 Å². The molecule has 1 unspecified atom stereocenters. The number of nitrogens with two attached hydrogens (primary N) is 1. The number of fused-ring (bicyclic) bond motifs is 1. The van der Waals surface area contributed by atoms with Crippen molar-refractivity contribution in [2.24, 2.45) is 0 Å². The second kappa shape index (κ2) is 4.73. The van der Waals surface area contributed by atoms with Crippen LogP contribution in [0.15, 0.2) is 18.2 Å². The van der Waals surface area contributed by atoms with Gasteiger partial charge in [0.05, 0.1) is 11.7 Å². The maximum atomic E-state index is 12.5. The molecule has 1 aromatic carbocycles. The number of ether oxygens (including phenoxy) is 1. The van der Waals surface area contributed by atoms with Gasteiger partial charge in [0.1, 0.15) is 0 Å². The summed E-state index contributed by atoms with van der Waals surface area (Å²) >= 11 is 0. The van der Waals surface area contributed by atoms with Crippen LogP contribution in [0.4, 0.5) is 5.69 Å². The first-order chi connectivity index (χ1) is 10.2. The third-order valence-electron chi connectivity index (χ3n) is 5.29. The van der Waals surface area contributed by atoms with Gasteiger partial charge in [-0.25, -0.2) is 0 Å². The first-order valence-electron chi connectivity index (χ1n) is 8.01. The Morgan fingerprint density at radius 2 is 2.10 bits per heavy atom. The highest BCUT2D eigenvalue weighted by atomic mass is 16.5. The molecule has 4 heteroatoms. The van der Waals surface area contributed by atoms with E-state index in [1.807, 2.05) is 17.0 Å². The van der Waals surface area contributed by atoms with E-state index in [1.54, 1.807) is 6.07 Å². The summed E-state index contributed by atoms with van der Waals surface area (Å²) in [5.74, 6) is 0.105. The molecule has 2 fully saturated rings. The number of anilines is 1. The van der Waals surface area contributed by atoms with Crippen LogP contribution in [0, 0.1) is 0 Å². The zero-order chi connectivity index (χ0) is 14.4. The topological polar surface area (TPSA) is 55.6 Å². The number of benzene rings is 1. The highest BCUT2D eigenvalue weighted by Crippen LogP contribution is 2.43. The monoisotopic (exact) mass is 286 g/mol. The van der Waals surface area contributed by atoms with Crippen molar-refractivity contribution in [3.05, 3.63) is 29.3 Å². The second-order valence-corrected chi connectivity index (χ2v) is 6.77. The van der Waals surface area contributed by atoms with Crippen molar-refractivity contribution in [2.45, 2.75) is 56.8 Å². The number of amides is 1. The van der Waals surface area contributed by atoms with Crippen LogP contribution < -0.4 is 5.73 Å². The Bertz CT molecular complexity index is 578. The Kier molecular flexibility index (Phi) is 2.96. The predicted octanol–water partition coefficient (Wildman–Crippen LogP) is 2.72. The zero-order valence-electron chi connectivity index (χ0n) is 12.3. The maximum absolute atomic E-state index is 12.5. The lowest BCUT2D eigenvalue weighted by molar-refractivity contribution is -0.0449. The van der Waals surface area contributed by atoms with Crippen molar-refractivity contribution in [3.63, 3.8) is 0 Å². The van der Waals surface area contributed by atoms with Crippen LogP contribution in [0.25, 0.3) is 0 Å². The number of carbonyl (C=O) groups is 1. The molecule has 0 radical (unpaired) electrons. The van der Waals surface area contributed by atoms with Gasteiger partial charge in [0, 0.05) is 24.3 Å². The smallest absolute Gasteiger partial charge is 0.254 e. The quantitative estimate of drug-likeness (QED) is 0.850. The van der Waals surface area contributed by atoms with Crippen LogP contribution in [-0.4, -0.2) is 29.1 Å². The van der Waals surface area contributed by atoms with Gasteiger partial charge in [-0.05, 0) is 43.4 Å². The standard InChI is InChI=1S/C17H22N2O2/c18-13-4-3-12-10-19(16(20)15(12)9-13)11-14-5-8-17(21-14)6-1-2-7-17/h3-4,9,14H,1-2,5-8,10-11,18H2. The van der Waals surface area contributed by atoms with Crippen LogP contribution in [0.2, 0.25) is 0 Å². The molecule has 0 aromatic heterocycles. The van der Waals surface area contributed by atoms with Gasteiger partial charge in [0.2, 0.25) is 0 Å². The predicted molar refractivity (Wildman–Crippen MR) is 80.9 cm³/mol. The minimum Gasteiger partial charge on any atom is -0.399 e. The van der Waals surface area contributed by atoms with Gasteiger partial charge in [-0.2, -0.15) is 0 Å². The van der Waals surface area contributed by atoms with Gasteiger partial charge in [-0.1, -0.05) is 18.9 Å². The summed E-state index contributed by atoms with van der Waals surface area (Å²) in [5.41, 5.74) is 8.44. The summed E-state index contributed by atoms with van der Waals surface area (Å²) < 4.78 is 6.32. The molecule has 1 aromatic rings. The van der Waals surface area contributed by atoms with Gasteiger partial charge in [0.25, 0.3) is 5.91 Å². The molecule has 1 atom stereocenters. The van der Waals surface area contributed by atoms with Gasteiger partial charge in [0.15, 0.2) is 0 Å². The molecule has 1 aliphatic carbocycles. The van der Waals surface area contributed by atoms with E-state index in [9.17, 15) is 4.79 Å². The van der Waals surface area contributed by atoms with Gasteiger partial charge in [-0.3, -0.25) is 4.79 Å². The van der Waals surface area contributed by atoms with Crippen LogP contribution in [0.1, 0.15) is 54.4 Å². The largest absolute Gasteiger partial charge is 0.399 e. The molecular weight excluding hydrogens is 264 g/mol. The lowest BCUT2D eigenvalue weighted by Crippen LogP contribution is -2.34. The summed E-state index contributed by atoms with van der Waals surface area (Å²) in [6.07, 6.45) is 7.45. The minimum atomic E-state index is 0.105.